The van der Waals surface area contributed by atoms with Crippen LogP contribution in [0.2, 0.25) is 0 Å². The van der Waals surface area contributed by atoms with E-state index in [1.807, 2.05) is 0 Å². The Hall–Kier alpha value is -1.30. The molecule has 0 amide bonds. The van der Waals surface area contributed by atoms with Gasteiger partial charge in [-0.3, -0.25) is 4.90 Å². The highest BCUT2D eigenvalue weighted by atomic mass is 16.6. The topological polar surface area (TPSA) is 62.2 Å². The highest BCUT2D eigenvalue weighted by Crippen LogP contribution is 2.65. The lowest BCUT2D eigenvalue weighted by Gasteiger charge is -2.64. The van der Waals surface area contributed by atoms with Crippen molar-refractivity contribution in [3.63, 3.8) is 0 Å². The van der Waals surface area contributed by atoms with E-state index in [0.717, 1.165) is 63.3 Å². The van der Waals surface area contributed by atoms with Crippen molar-refractivity contribution in [2.24, 2.45) is 5.92 Å². The van der Waals surface area contributed by atoms with Crippen LogP contribution in [0.25, 0.3) is 0 Å². The summed E-state index contributed by atoms with van der Waals surface area (Å²) in [6.07, 6.45) is 10.5. The Bertz CT molecular complexity index is 854. The second-order valence-corrected chi connectivity index (χ2v) is 10.8. The monoisotopic (exact) mass is 427 g/mol. The van der Waals surface area contributed by atoms with Crippen LogP contribution < -0.4 is 4.74 Å². The summed E-state index contributed by atoms with van der Waals surface area (Å²) in [5, 5.41) is 23.1. The number of aliphatic hydroxyl groups is 1. The van der Waals surface area contributed by atoms with E-state index in [4.69, 9.17) is 9.47 Å². The second-order valence-electron chi connectivity index (χ2n) is 10.8. The molecule has 5 heteroatoms. The summed E-state index contributed by atoms with van der Waals surface area (Å²) < 4.78 is 13.0. The van der Waals surface area contributed by atoms with E-state index in [-0.39, 0.29) is 24.0 Å². The predicted octanol–water partition coefficient (Wildman–Crippen LogP) is 3.92. The second kappa shape index (κ2) is 7.36. The number of unbranched alkanes of at least 4 members (excludes halogenated alkanes) is 3. The van der Waals surface area contributed by atoms with E-state index >= 15 is 0 Å². The van der Waals surface area contributed by atoms with E-state index in [1.54, 1.807) is 6.07 Å². The average molecular weight is 428 g/mol. The summed E-state index contributed by atoms with van der Waals surface area (Å²) in [6.45, 7) is 5.10. The fourth-order valence-electron chi connectivity index (χ4n) is 7.37. The lowest BCUT2D eigenvalue weighted by atomic mass is 9.48. The maximum atomic E-state index is 12.4. The molecule has 1 saturated heterocycles. The van der Waals surface area contributed by atoms with Gasteiger partial charge in [0.05, 0.1) is 17.1 Å². The number of hydrogen-bond donors (Lipinski definition) is 2. The zero-order valence-corrected chi connectivity index (χ0v) is 18.8. The Kier molecular flexibility index (Phi) is 4.82. The van der Waals surface area contributed by atoms with E-state index in [0.29, 0.717) is 5.75 Å². The zero-order valence-electron chi connectivity index (χ0n) is 18.8. The highest BCUT2D eigenvalue weighted by molar-refractivity contribution is 5.62. The van der Waals surface area contributed by atoms with Crippen LogP contribution in [-0.2, 0) is 16.6 Å². The van der Waals surface area contributed by atoms with E-state index in [1.165, 1.54) is 37.7 Å². The largest absolute Gasteiger partial charge is 0.504 e. The lowest BCUT2D eigenvalue weighted by molar-refractivity contribution is -0.215. The van der Waals surface area contributed by atoms with Gasteiger partial charge in [0.1, 0.15) is 6.10 Å². The number of phenolic OH excluding ortho intramolecular Hbond substituents is 1. The number of nitrogens with zero attached hydrogens (tertiary/aromatic N) is 1. The Balaban J connectivity index is 1.35. The number of likely N-dealkylation sites (tertiary alicyclic amines) is 1. The summed E-state index contributed by atoms with van der Waals surface area (Å²) in [5.74, 6) is 1.65. The molecule has 0 unspecified atom stereocenters. The third-order valence-corrected chi connectivity index (χ3v) is 9.04. The molecule has 2 heterocycles. The summed E-state index contributed by atoms with van der Waals surface area (Å²) in [4.78, 5) is 2.58. The summed E-state index contributed by atoms with van der Waals surface area (Å²) >= 11 is 0. The molecule has 2 aliphatic heterocycles. The minimum atomic E-state index is -0.807. The van der Waals surface area contributed by atoms with Crippen LogP contribution in [0.3, 0.4) is 0 Å². The molecule has 3 fully saturated rings. The normalized spacial score (nSPS) is 38.1. The molecule has 5 nitrogen and oxygen atoms in total. The summed E-state index contributed by atoms with van der Waals surface area (Å²) in [5.41, 5.74) is 1.10. The fraction of sp³-hybridized carbons (Fsp3) is 0.769. The maximum absolute atomic E-state index is 12.4. The molecule has 1 spiro atoms. The minimum absolute atomic E-state index is 0.0183. The number of piperidine rings is 1. The van der Waals surface area contributed by atoms with Crippen molar-refractivity contribution in [3.8, 4) is 11.5 Å². The van der Waals surface area contributed by atoms with E-state index < -0.39 is 11.0 Å². The highest BCUT2D eigenvalue weighted by Gasteiger charge is 2.73. The van der Waals surface area contributed by atoms with Gasteiger partial charge in [-0.25, -0.2) is 0 Å². The third-order valence-electron chi connectivity index (χ3n) is 9.04. The molecule has 5 atom stereocenters. The smallest absolute Gasteiger partial charge is 0.165 e. The molecule has 1 aromatic carbocycles. The average Bonchev–Trinajstić information content (AvgIpc) is 3.50. The van der Waals surface area contributed by atoms with Crippen molar-refractivity contribution < 1.29 is 19.7 Å². The Labute approximate surface area is 185 Å². The van der Waals surface area contributed by atoms with Crippen molar-refractivity contribution in [3.05, 3.63) is 23.3 Å². The molecule has 170 valence electrons. The number of aromatic hydroxyl groups is 1. The van der Waals surface area contributed by atoms with Crippen molar-refractivity contribution in [2.45, 2.75) is 100 Å². The maximum Gasteiger partial charge on any atom is 0.165 e. The predicted molar refractivity (Wildman–Crippen MR) is 119 cm³/mol. The molecule has 1 aromatic rings. The van der Waals surface area contributed by atoms with Crippen LogP contribution in [-0.4, -0.2) is 58.7 Å². The zero-order chi connectivity index (χ0) is 21.2. The third kappa shape index (κ3) is 2.85. The first-order valence-corrected chi connectivity index (χ1v) is 12.7. The number of benzene rings is 1. The van der Waals surface area contributed by atoms with Gasteiger partial charge in [0.2, 0.25) is 0 Å². The van der Waals surface area contributed by atoms with Crippen molar-refractivity contribution >= 4 is 0 Å². The fourth-order valence-corrected chi connectivity index (χ4v) is 7.37. The van der Waals surface area contributed by atoms with Crippen molar-refractivity contribution in [1.82, 2.24) is 4.90 Å². The first kappa shape index (κ1) is 20.3. The van der Waals surface area contributed by atoms with Gasteiger partial charge in [0.25, 0.3) is 0 Å². The van der Waals surface area contributed by atoms with Crippen LogP contribution in [0.5, 0.6) is 11.5 Å². The molecule has 31 heavy (non-hydrogen) atoms. The van der Waals surface area contributed by atoms with Crippen molar-refractivity contribution in [2.75, 3.05) is 19.7 Å². The number of ether oxygens (including phenoxy) is 2. The number of hydrogen-bond acceptors (Lipinski definition) is 5. The van der Waals surface area contributed by atoms with Crippen LogP contribution >= 0.6 is 0 Å². The lowest BCUT2D eigenvalue weighted by Crippen LogP contribution is -2.77. The van der Waals surface area contributed by atoms with E-state index in [9.17, 15) is 10.2 Å². The Morgan fingerprint density at radius 3 is 2.84 bits per heavy atom. The van der Waals surface area contributed by atoms with Gasteiger partial charge < -0.3 is 19.7 Å². The molecule has 2 saturated carbocycles. The van der Waals surface area contributed by atoms with Gasteiger partial charge in [0.15, 0.2) is 11.5 Å². The molecule has 3 aliphatic carbocycles. The summed E-state index contributed by atoms with van der Waals surface area (Å²) in [6, 6.07) is 4.00. The van der Waals surface area contributed by atoms with Gasteiger partial charge in [0, 0.05) is 24.8 Å². The molecule has 5 aliphatic rings. The Morgan fingerprint density at radius 2 is 2.03 bits per heavy atom. The number of phenols is 1. The molecule has 2 N–H and O–H groups in total. The van der Waals surface area contributed by atoms with Crippen LogP contribution in [0.1, 0.15) is 75.8 Å². The van der Waals surface area contributed by atoms with Gasteiger partial charge in [-0.2, -0.15) is 0 Å². The van der Waals surface area contributed by atoms with Crippen LogP contribution in [0.15, 0.2) is 12.1 Å². The van der Waals surface area contributed by atoms with Gasteiger partial charge >= 0.3 is 0 Å². The SMILES string of the molecule is CCCCCCO[C@@H]1CC[C@@]2(O)[C@H]3Cc4ccc(O)c5c4[C@@]2(CCN3CC2CC2)[C@H]1O5. The quantitative estimate of drug-likeness (QED) is 0.616. The standard InChI is InChI=1S/C26H37NO4/c1-2-3-4-5-14-30-20-10-11-26(29)21-15-18-8-9-19(28)23-22(18)25(26,24(20)31-23)12-13-27(21)16-17-6-7-17/h8-9,17,20-21,24,28-29H,2-7,10-16H2,1H3/t20-,21-,24+,25+,26-/m1/s1. The molecular weight excluding hydrogens is 390 g/mol. The first-order valence-electron chi connectivity index (χ1n) is 12.7. The minimum Gasteiger partial charge on any atom is -0.504 e. The molecule has 0 aromatic heterocycles. The van der Waals surface area contributed by atoms with Gasteiger partial charge in [-0.15, -0.1) is 0 Å². The van der Waals surface area contributed by atoms with Crippen molar-refractivity contribution in [1.29, 1.82) is 0 Å². The van der Waals surface area contributed by atoms with Gasteiger partial charge in [-0.1, -0.05) is 32.3 Å². The molecule has 0 radical (unpaired) electrons. The molecule has 6 rings (SSSR count). The van der Waals surface area contributed by atoms with Crippen LogP contribution in [0, 0.1) is 5.92 Å². The Morgan fingerprint density at radius 1 is 1.16 bits per heavy atom. The molecule has 2 bridgehead atoms. The van der Waals surface area contributed by atoms with Gasteiger partial charge in [-0.05, 0) is 69.0 Å². The number of rotatable bonds is 8. The summed E-state index contributed by atoms with van der Waals surface area (Å²) in [7, 11) is 0. The van der Waals surface area contributed by atoms with E-state index in [2.05, 4.69) is 17.9 Å². The molecular formula is C26H37NO4. The first-order chi connectivity index (χ1) is 15.1. The van der Waals surface area contributed by atoms with Crippen LogP contribution in [0.4, 0.5) is 0 Å².